The van der Waals surface area contributed by atoms with Crippen molar-refractivity contribution >= 4 is 11.4 Å². The van der Waals surface area contributed by atoms with Gasteiger partial charge in [-0.3, -0.25) is 10.1 Å². The van der Waals surface area contributed by atoms with E-state index in [4.69, 9.17) is 5.73 Å². The molecule has 2 N–H and O–H groups in total. The first-order valence-electron chi connectivity index (χ1n) is 3.34. The molecule has 13 heavy (non-hydrogen) atoms. The molecular formula is C7H7FN2O3. The van der Waals surface area contributed by atoms with Crippen molar-refractivity contribution in [3.05, 3.63) is 28.1 Å². The Balaban J connectivity index is 3.31. The highest BCUT2D eigenvalue weighted by Crippen LogP contribution is 2.30. The number of hydrogen-bond acceptors (Lipinski definition) is 4. The van der Waals surface area contributed by atoms with Crippen LogP contribution in [0.1, 0.15) is 0 Å². The number of anilines is 1. The molecule has 0 atom stereocenters. The number of nitro groups is 1. The first-order chi connectivity index (χ1) is 6.07. The van der Waals surface area contributed by atoms with Crippen LogP contribution in [0.4, 0.5) is 15.8 Å². The minimum absolute atomic E-state index is 0.0862. The van der Waals surface area contributed by atoms with Crippen molar-refractivity contribution in [2.24, 2.45) is 0 Å². The molecule has 6 heteroatoms. The fourth-order valence-corrected chi connectivity index (χ4v) is 0.883. The van der Waals surface area contributed by atoms with Crippen LogP contribution in [0.3, 0.4) is 0 Å². The minimum atomic E-state index is -1.07. The smallest absolute Gasteiger partial charge is 0.307 e. The van der Waals surface area contributed by atoms with E-state index in [1.54, 1.807) is 0 Å². The third kappa shape index (κ3) is 1.51. The summed E-state index contributed by atoms with van der Waals surface area (Å²) in [6.07, 6.45) is 0. The van der Waals surface area contributed by atoms with Crippen LogP contribution in [0.5, 0.6) is 5.75 Å². The molecule has 1 aromatic carbocycles. The molecule has 0 saturated carbocycles. The van der Waals surface area contributed by atoms with Crippen LogP contribution in [0.25, 0.3) is 0 Å². The molecular weight excluding hydrogens is 179 g/mol. The van der Waals surface area contributed by atoms with Crippen LogP contribution in [0, 0.1) is 15.9 Å². The van der Waals surface area contributed by atoms with E-state index in [9.17, 15) is 14.5 Å². The number of nitrogen functional groups attached to an aromatic ring is 1. The van der Waals surface area contributed by atoms with E-state index in [0.29, 0.717) is 0 Å². The van der Waals surface area contributed by atoms with Crippen LogP contribution in [0.2, 0.25) is 0 Å². The molecule has 0 saturated heterocycles. The van der Waals surface area contributed by atoms with Crippen LogP contribution in [-0.2, 0) is 0 Å². The number of rotatable bonds is 2. The number of hydrogen-bond donors (Lipinski definition) is 1. The van der Waals surface area contributed by atoms with Gasteiger partial charge in [0, 0.05) is 6.07 Å². The molecule has 1 aromatic rings. The number of benzene rings is 1. The van der Waals surface area contributed by atoms with Gasteiger partial charge in [0.2, 0.25) is 5.82 Å². The maximum absolute atomic E-state index is 13.1. The second-order valence-electron chi connectivity index (χ2n) is 2.27. The number of nitro benzene ring substituents is 1. The van der Waals surface area contributed by atoms with Crippen LogP contribution in [-0.4, -0.2) is 12.0 Å². The van der Waals surface area contributed by atoms with Crippen molar-refractivity contribution < 1.29 is 14.1 Å². The Morgan fingerprint density at radius 2 is 2.23 bits per heavy atom. The SMILES string of the molecule is COc1ccc([N+](=O)[O-])c(F)c1N. The molecule has 0 amide bonds. The van der Waals surface area contributed by atoms with Crippen LogP contribution in [0.15, 0.2) is 12.1 Å². The Kier molecular flexibility index (Phi) is 2.32. The standard InChI is InChI=1S/C7H7FN2O3/c1-13-5-3-2-4(10(11)12)6(8)7(5)9/h2-3H,9H2,1H3. The van der Waals surface area contributed by atoms with Gasteiger partial charge in [-0.2, -0.15) is 4.39 Å². The van der Waals surface area contributed by atoms with E-state index in [0.717, 1.165) is 6.07 Å². The Labute approximate surface area is 73.1 Å². The Morgan fingerprint density at radius 3 is 2.69 bits per heavy atom. The fraction of sp³-hybridized carbons (Fsp3) is 0.143. The molecule has 5 nitrogen and oxygen atoms in total. The number of nitrogens with two attached hydrogens (primary N) is 1. The monoisotopic (exact) mass is 186 g/mol. The van der Waals surface area contributed by atoms with E-state index in [2.05, 4.69) is 4.74 Å². The third-order valence-corrected chi connectivity index (χ3v) is 1.54. The first-order valence-corrected chi connectivity index (χ1v) is 3.34. The lowest BCUT2D eigenvalue weighted by Gasteiger charge is -2.04. The lowest BCUT2D eigenvalue weighted by atomic mass is 10.2. The maximum atomic E-state index is 13.1. The predicted octanol–water partition coefficient (Wildman–Crippen LogP) is 1.32. The summed E-state index contributed by atoms with van der Waals surface area (Å²) in [7, 11) is 1.30. The van der Waals surface area contributed by atoms with E-state index in [-0.39, 0.29) is 11.4 Å². The van der Waals surface area contributed by atoms with Gasteiger partial charge < -0.3 is 10.5 Å². The molecule has 0 heterocycles. The quantitative estimate of drug-likeness (QED) is 0.429. The number of methoxy groups -OCH3 is 1. The van der Waals surface area contributed by atoms with Gasteiger partial charge in [-0.05, 0) is 6.07 Å². The van der Waals surface area contributed by atoms with E-state index in [1.807, 2.05) is 0 Å². The van der Waals surface area contributed by atoms with Gasteiger partial charge in [-0.1, -0.05) is 0 Å². The van der Waals surface area contributed by atoms with Crippen LogP contribution < -0.4 is 10.5 Å². The zero-order valence-electron chi connectivity index (χ0n) is 6.78. The second kappa shape index (κ2) is 3.26. The topological polar surface area (TPSA) is 78.4 Å². The van der Waals surface area contributed by atoms with Crippen LogP contribution >= 0.6 is 0 Å². The van der Waals surface area contributed by atoms with Gasteiger partial charge in [-0.15, -0.1) is 0 Å². The van der Waals surface area contributed by atoms with Crippen molar-refractivity contribution in [2.45, 2.75) is 0 Å². The summed E-state index contributed by atoms with van der Waals surface area (Å²) < 4.78 is 17.7. The highest BCUT2D eigenvalue weighted by atomic mass is 19.1. The molecule has 0 unspecified atom stereocenters. The molecule has 0 bridgehead atoms. The number of ether oxygens (including phenoxy) is 1. The summed E-state index contributed by atoms with van der Waals surface area (Å²) in [5, 5.41) is 10.2. The lowest BCUT2D eigenvalue weighted by Crippen LogP contribution is -2.00. The van der Waals surface area contributed by atoms with Gasteiger partial charge in [0.25, 0.3) is 0 Å². The molecule has 0 aromatic heterocycles. The molecule has 0 aliphatic rings. The summed E-state index contributed by atoms with van der Waals surface area (Å²) >= 11 is 0. The predicted molar refractivity (Wildman–Crippen MR) is 44.0 cm³/mol. The summed E-state index contributed by atoms with van der Waals surface area (Å²) in [6.45, 7) is 0. The zero-order valence-corrected chi connectivity index (χ0v) is 6.78. The molecule has 0 radical (unpaired) electrons. The summed E-state index contributed by atoms with van der Waals surface area (Å²) in [4.78, 5) is 9.40. The summed E-state index contributed by atoms with van der Waals surface area (Å²) in [5.74, 6) is -0.979. The van der Waals surface area contributed by atoms with Gasteiger partial charge in [0.1, 0.15) is 11.4 Å². The average molecular weight is 186 g/mol. The summed E-state index contributed by atoms with van der Waals surface area (Å²) in [6, 6.07) is 2.25. The molecule has 70 valence electrons. The highest BCUT2D eigenvalue weighted by Gasteiger charge is 2.19. The van der Waals surface area contributed by atoms with E-state index in [1.165, 1.54) is 13.2 Å². The average Bonchev–Trinajstić information content (AvgIpc) is 2.09. The van der Waals surface area contributed by atoms with Gasteiger partial charge in [0.05, 0.1) is 12.0 Å². The normalized spacial score (nSPS) is 9.69. The van der Waals surface area contributed by atoms with Crippen molar-refractivity contribution in [1.29, 1.82) is 0 Å². The fourth-order valence-electron chi connectivity index (χ4n) is 0.883. The number of halogens is 1. The molecule has 0 aliphatic carbocycles. The van der Waals surface area contributed by atoms with Gasteiger partial charge in [-0.25, -0.2) is 0 Å². The zero-order chi connectivity index (χ0) is 10.0. The molecule has 0 spiro atoms. The minimum Gasteiger partial charge on any atom is -0.494 e. The Hall–Kier alpha value is -1.85. The largest absolute Gasteiger partial charge is 0.494 e. The molecule has 0 fully saturated rings. The van der Waals surface area contributed by atoms with Gasteiger partial charge >= 0.3 is 5.69 Å². The Morgan fingerprint density at radius 1 is 1.62 bits per heavy atom. The first kappa shape index (κ1) is 9.24. The molecule has 1 rings (SSSR count). The Bertz CT molecular complexity index is 354. The lowest BCUT2D eigenvalue weighted by molar-refractivity contribution is -0.387. The molecule has 0 aliphatic heterocycles. The van der Waals surface area contributed by atoms with Crippen molar-refractivity contribution in [2.75, 3.05) is 12.8 Å². The van der Waals surface area contributed by atoms with Gasteiger partial charge in [0.15, 0.2) is 0 Å². The highest BCUT2D eigenvalue weighted by molar-refractivity contribution is 5.59. The second-order valence-corrected chi connectivity index (χ2v) is 2.27. The third-order valence-electron chi connectivity index (χ3n) is 1.54. The summed E-state index contributed by atoms with van der Waals surface area (Å²) in [5.41, 5.74) is 4.22. The van der Waals surface area contributed by atoms with E-state index >= 15 is 0 Å². The maximum Gasteiger partial charge on any atom is 0.307 e. The number of nitrogens with zero attached hydrogens (tertiary/aromatic N) is 1. The van der Waals surface area contributed by atoms with E-state index < -0.39 is 16.4 Å². The van der Waals surface area contributed by atoms with Crippen molar-refractivity contribution in [3.63, 3.8) is 0 Å². The van der Waals surface area contributed by atoms with Crippen molar-refractivity contribution in [1.82, 2.24) is 0 Å². The van der Waals surface area contributed by atoms with Crippen molar-refractivity contribution in [3.8, 4) is 5.75 Å².